The SMILES string of the molecule is C[C@H](C#N)CSc1nnc(C[C@H]2CCS(=O)(=O)C2)n1C. The predicted octanol–water partition coefficient (Wildman–Crippen LogP) is 1.04. The second kappa shape index (κ2) is 6.14. The van der Waals surface area contributed by atoms with Crippen molar-refractivity contribution < 1.29 is 8.42 Å². The lowest BCUT2D eigenvalue weighted by atomic mass is 10.1. The summed E-state index contributed by atoms with van der Waals surface area (Å²) in [5.74, 6) is 2.17. The smallest absolute Gasteiger partial charge is 0.190 e. The number of aromatic nitrogens is 3. The minimum atomic E-state index is -2.85. The van der Waals surface area contributed by atoms with Gasteiger partial charge in [0.25, 0.3) is 0 Å². The van der Waals surface area contributed by atoms with Gasteiger partial charge in [0.05, 0.1) is 23.5 Å². The van der Waals surface area contributed by atoms with Crippen LogP contribution >= 0.6 is 11.8 Å². The van der Waals surface area contributed by atoms with E-state index in [0.717, 1.165) is 11.0 Å². The molecule has 0 aliphatic carbocycles. The number of nitrogens with zero attached hydrogens (tertiary/aromatic N) is 4. The molecule has 1 saturated heterocycles. The molecule has 20 heavy (non-hydrogen) atoms. The Morgan fingerprint density at radius 3 is 2.90 bits per heavy atom. The average molecular weight is 314 g/mol. The Morgan fingerprint density at radius 1 is 1.55 bits per heavy atom. The monoisotopic (exact) mass is 314 g/mol. The van der Waals surface area contributed by atoms with Crippen LogP contribution in [0.1, 0.15) is 19.2 Å². The van der Waals surface area contributed by atoms with E-state index >= 15 is 0 Å². The maximum absolute atomic E-state index is 11.5. The molecule has 1 aromatic heterocycles. The predicted molar refractivity (Wildman–Crippen MR) is 77.0 cm³/mol. The van der Waals surface area contributed by atoms with Crippen molar-refractivity contribution in [3.63, 3.8) is 0 Å². The van der Waals surface area contributed by atoms with E-state index in [9.17, 15) is 8.42 Å². The van der Waals surface area contributed by atoms with Gasteiger partial charge in [0.15, 0.2) is 15.0 Å². The molecule has 1 fully saturated rings. The molecule has 0 spiro atoms. The quantitative estimate of drug-likeness (QED) is 0.755. The van der Waals surface area contributed by atoms with Crippen molar-refractivity contribution in [2.45, 2.75) is 24.9 Å². The van der Waals surface area contributed by atoms with Crippen molar-refractivity contribution in [1.29, 1.82) is 5.26 Å². The maximum Gasteiger partial charge on any atom is 0.190 e. The van der Waals surface area contributed by atoms with Gasteiger partial charge in [-0.1, -0.05) is 11.8 Å². The summed E-state index contributed by atoms with van der Waals surface area (Å²) in [6, 6.07) is 2.18. The average Bonchev–Trinajstić information content (AvgIpc) is 2.91. The van der Waals surface area contributed by atoms with Crippen molar-refractivity contribution in [1.82, 2.24) is 14.8 Å². The fourth-order valence-electron chi connectivity index (χ4n) is 2.18. The van der Waals surface area contributed by atoms with Gasteiger partial charge >= 0.3 is 0 Å². The number of sulfone groups is 1. The van der Waals surface area contributed by atoms with Gasteiger partial charge in [0, 0.05) is 19.2 Å². The molecule has 0 saturated carbocycles. The normalized spacial score (nSPS) is 22.6. The van der Waals surface area contributed by atoms with Crippen LogP contribution < -0.4 is 0 Å². The zero-order chi connectivity index (χ0) is 14.8. The highest BCUT2D eigenvalue weighted by molar-refractivity contribution is 7.99. The zero-order valence-electron chi connectivity index (χ0n) is 11.6. The summed E-state index contributed by atoms with van der Waals surface area (Å²) in [6.45, 7) is 1.87. The van der Waals surface area contributed by atoms with E-state index in [2.05, 4.69) is 16.3 Å². The Bertz CT molecular complexity index is 618. The lowest BCUT2D eigenvalue weighted by Crippen LogP contribution is -2.11. The van der Waals surface area contributed by atoms with Crippen LogP contribution in [0.15, 0.2) is 5.16 Å². The van der Waals surface area contributed by atoms with Crippen LogP contribution in [-0.2, 0) is 23.3 Å². The first-order valence-electron chi connectivity index (χ1n) is 6.52. The molecule has 2 rings (SSSR count). The van der Waals surface area contributed by atoms with Crippen molar-refractivity contribution in [2.75, 3.05) is 17.3 Å². The largest absolute Gasteiger partial charge is 0.309 e. The first-order valence-corrected chi connectivity index (χ1v) is 9.33. The highest BCUT2D eigenvalue weighted by atomic mass is 32.2. The molecule has 0 radical (unpaired) electrons. The second-order valence-electron chi connectivity index (χ2n) is 5.27. The number of hydrogen-bond donors (Lipinski definition) is 0. The van der Waals surface area contributed by atoms with Crippen molar-refractivity contribution in [3.8, 4) is 6.07 Å². The van der Waals surface area contributed by atoms with E-state index in [1.807, 2.05) is 18.5 Å². The van der Waals surface area contributed by atoms with Gasteiger partial charge in [-0.05, 0) is 19.3 Å². The van der Waals surface area contributed by atoms with E-state index in [1.165, 1.54) is 11.8 Å². The van der Waals surface area contributed by atoms with Crippen LogP contribution in [0.4, 0.5) is 0 Å². The third kappa shape index (κ3) is 3.73. The first-order chi connectivity index (χ1) is 9.41. The molecule has 0 bridgehead atoms. The van der Waals surface area contributed by atoms with Crippen LogP contribution in [0.3, 0.4) is 0 Å². The summed E-state index contributed by atoms with van der Waals surface area (Å²) in [4.78, 5) is 0. The summed E-state index contributed by atoms with van der Waals surface area (Å²) in [5, 5.41) is 17.8. The molecule has 1 aromatic rings. The summed E-state index contributed by atoms with van der Waals surface area (Å²) >= 11 is 1.51. The van der Waals surface area contributed by atoms with Gasteiger partial charge in [-0.3, -0.25) is 0 Å². The van der Waals surface area contributed by atoms with Gasteiger partial charge < -0.3 is 4.57 Å². The van der Waals surface area contributed by atoms with Crippen LogP contribution in [0.25, 0.3) is 0 Å². The third-order valence-electron chi connectivity index (χ3n) is 3.41. The minimum absolute atomic E-state index is 0.0277. The summed E-state index contributed by atoms with van der Waals surface area (Å²) in [7, 11) is -0.958. The summed E-state index contributed by atoms with van der Waals surface area (Å²) < 4.78 is 24.8. The van der Waals surface area contributed by atoms with E-state index in [0.29, 0.717) is 18.6 Å². The fraction of sp³-hybridized carbons (Fsp3) is 0.750. The first kappa shape index (κ1) is 15.3. The summed E-state index contributed by atoms with van der Waals surface area (Å²) in [6.07, 6.45) is 1.36. The molecule has 8 heteroatoms. The van der Waals surface area contributed by atoms with Crippen molar-refractivity contribution >= 4 is 21.6 Å². The van der Waals surface area contributed by atoms with Gasteiger partial charge in [-0.15, -0.1) is 10.2 Å². The minimum Gasteiger partial charge on any atom is -0.309 e. The Morgan fingerprint density at radius 2 is 2.30 bits per heavy atom. The Balaban J connectivity index is 1.97. The lowest BCUT2D eigenvalue weighted by molar-refractivity contribution is 0.552. The lowest BCUT2D eigenvalue weighted by Gasteiger charge is -2.07. The van der Waals surface area contributed by atoms with Crippen molar-refractivity contribution in [2.24, 2.45) is 18.9 Å². The van der Waals surface area contributed by atoms with Gasteiger partial charge in [-0.2, -0.15) is 5.26 Å². The third-order valence-corrected chi connectivity index (χ3v) is 6.52. The van der Waals surface area contributed by atoms with Gasteiger partial charge in [-0.25, -0.2) is 8.42 Å². The van der Waals surface area contributed by atoms with Crippen LogP contribution in [-0.4, -0.2) is 40.4 Å². The van der Waals surface area contributed by atoms with E-state index in [1.54, 1.807) is 0 Å². The Hall–Kier alpha value is -1.07. The molecule has 2 atom stereocenters. The van der Waals surface area contributed by atoms with Crippen LogP contribution in [0.5, 0.6) is 0 Å². The summed E-state index contributed by atoms with van der Waals surface area (Å²) in [5.41, 5.74) is 0. The fourth-order valence-corrected chi connectivity index (χ4v) is 4.91. The maximum atomic E-state index is 11.5. The van der Waals surface area contributed by atoms with E-state index in [-0.39, 0.29) is 23.3 Å². The number of rotatable bonds is 5. The second-order valence-corrected chi connectivity index (χ2v) is 8.49. The van der Waals surface area contributed by atoms with Crippen molar-refractivity contribution in [3.05, 3.63) is 5.82 Å². The number of nitriles is 1. The highest BCUT2D eigenvalue weighted by Gasteiger charge is 2.29. The topological polar surface area (TPSA) is 88.6 Å². The number of thioether (sulfide) groups is 1. The standard InChI is InChI=1S/C12H18N4O2S2/c1-9(6-13)7-19-12-15-14-11(16(12)2)5-10-3-4-20(17,18)8-10/h9-10H,3-5,7-8H2,1-2H3/t9-,10-/m1/s1. The molecule has 6 nitrogen and oxygen atoms in total. The van der Waals surface area contributed by atoms with Crippen LogP contribution in [0.2, 0.25) is 0 Å². The Kier molecular flexibility index (Phi) is 4.70. The molecule has 0 N–H and O–H groups in total. The van der Waals surface area contributed by atoms with Gasteiger partial charge in [0.2, 0.25) is 0 Å². The molecule has 0 aromatic carbocycles. The zero-order valence-corrected chi connectivity index (χ0v) is 13.2. The highest BCUT2D eigenvalue weighted by Crippen LogP contribution is 2.24. The van der Waals surface area contributed by atoms with E-state index < -0.39 is 9.84 Å². The molecular weight excluding hydrogens is 296 g/mol. The molecule has 0 unspecified atom stereocenters. The van der Waals surface area contributed by atoms with E-state index in [4.69, 9.17) is 5.26 Å². The Labute approximate surface area is 123 Å². The molecule has 0 amide bonds. The molecule has 110 valence electrons. The number of hydrogen-bond acceptors (Lipinski definition) is 6. The van der Waals surface area contributed by atoms with Crippen LogP contribution in [0, 0.1) is 23.2 Å². The molecular formula is C12H18N4O2S2. The molecule has 1 aliphatic heterocycles. The molecule has 2 heterocycles. The molecule has 1 aliphatic rings. The van der Waals surface area contributed by atoms with Gasteiger partial charge in [0.1, 0.15) is 5.82 Å².